The number of rotatable bonds is 6. The fourth-order valence-electron chi connectivity index (χ4n) is 3.75. The number of fused-ring (bicyclic) bond motifs is 1. The lowest BCUT2D eigenvalue weighted by Crippen LogP contribution is -2.49. The largest absolute Gasteiger partial charge is 0.396 e. The van der Waals surface area contributed by atoms with E-state index in [4.69, 9.17) is 0 Å². The molecule has 2 aromatic carbocycles. The van der Waals surface area contributed by atoms with Crippen molar-refractivity contribution in [3.05, 3.63) is 59.4 Å². The zero-order chi connectivity index (χ0) is 22.0. The van der Waals surface area contributed by atoms with Gasteiger partial charge in [-0.25, -0.2) is 13.6 Å². The molecule has 0 aliphatic carbocycles. The first-order valence-electron chi connectivity index (χ1n) is 9.87. The number of thiazole rings is 1. The van der Waals surface area contributed by atoms with Crippen molar-refractivity contribution in [2.45, 2.75) is 11.7 Å². The maximum Gasteiger partial charge on any atom is 0.254 e. The monoisotopic (exact) mass is 463 g/mol. The molecule has 1 aliphatic rings. The lowest BCUT2D eigenvalue weighted by atomic mass is 10.0. The number of halogens is 1. The zero-order valence-corrected chi connectivity index (χ0v) is 18.2. The standard InChI is InChI=1S/C21H22FN3O4S2/c22-14-5-6-17-18(13-14)30-21(23-17)25-10-8-24(9-11-25)20(27)16-4-2-1-3-15(16)19(7-12-26)31(28)29/h1-6,13,19,26H,7-12H2,(H,28,29). The number of anilines is 1. The second-order valence-corrected chi connectivity index (χ2v) is 9.38. The van der Waals surface area contributed by atoms with Crippen molar-refractivity contribution in [1.29, 1.82) is 0 Å². The van der Waals surface area contributed by atoms with E-state index >= 15 is 0 Å². The molecular weight excluding hydrogens is 441 g/mol. The lowest BCUT2D eigenvalue weighted by molar-refractivity contribution is 0.0745. The lowest BCUT2D eigenvalue weighted by Gasteiger charge is -2.35. The number of aromatic nitrogens is 1. The fourth-order valence-corrected chi connectivity index (χ4v) is 5.52. The Morgan fingerprint density at radius 1 is 1.19 bits per heavy atom. The Bertz CT molecular complexity index is 1110. The number of carbonyl (C=O) groups is 1. The van der Waals surface area contributed by atoms with E-state index < -0.39 is 16.3 Å². The second kappa shape index (κ2) is 9.39. The number of benzene rings is 2. The van der Waals surface area contributed by atoms with Crippen molar-refractivity contribution in [1.82, 2.24) is 9.88 Å². The van der Waals surface area contributed by atoms with Gasteiger partial charge in [0.05, 0.1) is 15.5 Å². The first-order chi connectivity index (χ1) is 15.0. The van der Waals surface area contributed by atoms with Gasteiger partial charge in [0.15, 0.2) is 16.2 Å². The van der Waals surface area contributed by atoms with Crippen LogP contribution in [0.1, 0.15) is 27.6 Å². The van der Waals surface area contributed by atoms with E-state index in [0.717, 1.165) is 15.3 Å². The van der Waals surface area contributed by atoms with Gasteiger partial charge in [-0.3, -0.25) is 4.79 Å². The first kappa shape index (κ1) is 21.8. The molecule has 31 heavy (non-hydrogen) atoms. The van der Waals surface area contributed by atoms with Gasteiger partial charge in [-0.05, 0) is 36.2 Å². The Balaban J connectivity index is 1.49. The number of aliphatic hydroxyl groups excluding tert-OH is 1. The van der Waals surface area contributed by atoms with Gasteiger partial charge in [0, 0.05) is 38.3 Å². The Kier molecular flexibility index (Phi) is 6.61. The smallest absolute Gasteiger partial charge is 0.254 e. The summed E-state index contributed by atoms with van der Waals surface area (Å²) in [6, 6.07) is 11.3. The Morgan fingerprint density at radius 3 is 2.65 bits per heavy atom. The number of nitrogens with zero attached hydrogens (tertiary/aromatic N) is 3. The minimum absolute atomic E-state index is 0.0966. The van der Waals surface area contributed by atoms with Gasteiger partial charge >= 0.3 is 0 Å². The van der Waals surface area contributed by atoms with Crippen molar-refractivity contribution in [2.24, 2.45) is 0 Å². The molecule has 2 N–H and O–H groups in total. The summed E-state index contributed by atoms with van der Waals surface area (Å²) in [5, 5.41) is 9.23. The van der Waals surface area contributed by atoms with Crippen molar-refractivity contribution in [2.75, 3.05) is 37.7 Å². The molecule has 3 aromatic rings. The van der Waals surface area contributed by atoms with Gasteiger partial charge in [-0.1, -0.05) is 29.5 Å². The highest BCUT2D eigenvalue weighted by Crippen LogP contribution is 2.31. The highest BCUT2D eigenvalue weighted by Gasteiger charge is 2.28. The zero-order valence-electron chi connectivity index (χ0n) is 16.6. The summed E-state index contributed by atoms with van der Waals surface area (Å²) in [5.74, 6) is -0.491. The van der Waals surface area contributed by atoms with Crippen LogP contribution in [-0.2, 0) is 11.1 Å². The van der Waals surface area contributed by atoms with Crippen LogP contribution in [0.15, 0.2) is 42.5 Å². The van der Waals surface area contributed by atoms with Gasteiger partial charge in [-0.15, -0.1) is 0 Å². The molecule has 164 valence electrons. The maximum absolute atomic E-state index is 13.4. The Morgan fingerprint density at radius 2 is 1.94 bits per heavy atom. The number of piperazine rings is 1. The van der Waals surface area contributed by atoms with Crippen LogP contribution in [0.4, 0.5) is 9.52 Å². The summed E-state index contributed by atoms with van der Waals surface area (Å²) in [6.07, 6.45) is 0.0966. The van der Waals surface area contributed by atoms with Crippen molar-refractivity contribution >= 4 is 43.7 Å². The third-order valence-electron chi connectivity index (χ3n) is 5.35. The first-order valence-corrected chi connectivity index (χ1v) is 11.9. The Labute approximate surface area is 185 Å². The minimum Gasteiger partial charge on any atom is -0.396 e. The summed E-state index contributed by atoms with van der Waals surface area (Å²) in [7, 11) is 0. The average Bonchev–Trinajstić information content (AvgIpc) is 3.20. The van der Waals surface area contributed by atoms with E-state index in [1.165, 1.54) is 23.5 Å². The van der Waals surface area contributed by atoms with Crippen molar-refractivity contribution in [3.63, 3.8) is 0 Å². The molecule has 2 atom stereocenters. The summed E-state index contributed by atoms with van der Waals surface area (Å²) in [5.41, 5.74) is 1.60. The van der Waals surface area contributed by atoms with Gasteiger partial charge in [-0.2, -0.15) is 0 Å². The van der Waals surface area contributed by atoms with Gasteiger partial charge in [0.2, 0.25) is 0 Å². The molecule has 4 rings (SSSR count). The molecule has 7 nitrogen and oxygen atoms in total. The molecule has 1 fully saturated rings. The van der Waals surface area contributed by atoms with Crippen LogP contribution in [0.5, 0.6) is 0 Å². The predicted molar refractivity (Wildman–Crippen MR) is 119 cm³/mol. The molecule has 0 saturated carbocycles. The van der Waals surface area contributed by atoms with Gasteiger partial charge < -0.3 is 19.5 Å². The highest BCUT2D eigenvalue weighted by atomic mass is 32.2. The normalized spacial score (nSPS) is 16.5. The highest BCUT2D eigenvalue weighted by molar-refractivity contribution is 7.79. The van der Waals surface area contributed by atoms with E-state index in [1.54, 1.807) is 35.2 Å². The van der Waals surface area contributed by atoms with Crippen molar-refractivity contribution < 1.29 is 23.1 Å². The molecule has 0 bridgehead atoms. The van der Waals surface area contributed by atoms with E-state index in [1.807, 2.05) is 0 Å². The number of hydrogen-bond acceptors (Lipinski definition) is 6. The average molecular weight is 464 g/mol. The van der Waals surface area contributed by atoms with Crippen molar-refractivity contribution in [3.8, 4) is 0 Å². The fraction of sp³-hybridized carbons (Fsp3) is 0.333. The Hall–Kier alpha value is -2.40. The van der Waals surface area contributed by atoms with Crippen LogP contribution in [0.25, 0.3) is 10.2 Å². The van der Waals surface area contributed by atoms with Crippen LogP contribution in [-0.4, -0.2) is 62.4 Å². The summed E-state index contributed by atoms with van der Waals surface area (Å²) >= 11 is -0.774. The summed E-state index contributed by atoms with van der Waals surface area (Å²) < 4.78 is 35.7. The molecule has 1 aliphatic heterocycles. The van der Waals surface area contributed by atoms with Crippen LogP contribution >= 0.6 is 11.3 Å². The molecule has 0 radical (unpaired) electrons. The summed E-state index contributed by atoms with van der Waals surface area (Å²) in [4.78, 5) is 21.6. The molecule has 1 amide bonds. The predicted octanol–water partition coefficient (Wildman–Crippen LogP) is 3.04. The van der Waals surface area contributed by atoms with Crippen LogP contribution in [0.2, 0.25) is 0 Å². The van der Waals surface area contributed by atoms with Crippen LogP contribution in [0.3, 0.4) is 0 Å². The molecule has 2 unspecified atom stereocenters. The van der Waals surface area contributed by atoms with E-state index in [2.05, 4.69) is 9.88 Å². The number of amides is 1. The van der Waals surface area contributed by atoms with E-state index in [0.29, 0.717) is 37.3 Å². The summed E-state index contributed by atoms with van der Waals surface area (Å²) in [6.45, 7) is 1.88. The topological polar surface area (TPSA) is 94.0 Å². The van der Waals surface area contributed by atoms with Crippen LogP contribution in [0, 0.1) is 5.82 Å². The molecule has 10 heteroatoms. The number of carbonyl (C=O) groups excluding carboxylic acids is 1. The molecule has 2 heterocycles. The quantitative estimate of drug-likeness (QED) is 0.546. The molecular formula is C21H22FN3O4S2. The van der Waals surface area contributed by atoms with Gasteiger partial charge in [0.25, 0.3) is 5.91 Å². The third-order valence-corrected chi connectivity index (χ3v) is 7.40. The molecule has 0 spiro atoms. The van der Waals surface area contributed by atoms with Crippen LogP contribution < -0.4 is 4.90 Å². The molecule has 1 saturated heterocycles. The molecule has 1 aromatic heterocycles. The third kappa shape index (κ3) is 4.62. The second-order valence-electron chi connectivity index (χ2n) is 7.25. The van der Waals surface area contributed by atoms with E-state index in [-0.39, 0.29) is 24.8 Å². The SMILES string of the molecule is O=C(c1ccccc1C(CCO)S(=O)O)N1CCN(c2nc3ccc(F)cc3s2)CC1. The van der Waals surface area contributed by atoms with E-state index in [9.17, 15) is 23.1 Å². The number of aliphatic hydroxyl groups is 1. The maximum atomic E-state index is 13.4. The van der Waals surface area contributed by atoms with Gasteiger partial charge in [0.1, 0.15) is 5.82 Å². The minimum atomic E-state index is -2.20. The number of hydrogen-bond donors (Lipinski definition) is 2.